The van der Waals surface area contributed by atoms with Crippen LogP contribution in [0.2, 0.25) is 0 Å². The monoisotopic (exact) mass is 272 g/mol. The van der Waals surface area contributed by atoms with Crippen LogP contribution in [-0.4, -0.2) is 18.2 Å². The van der Waals surface area contributed by atoms with Crippen LogP contribution in [0.5, 0.6) is 11.5 Å². The Morgan fingerprint density at radius 2 is 1.70 bits per heavy atom. The van der Waals surface area contributed by atoms with Crippen LogP contribution in [0.4, 0.5) is 0 Å². The lowest BCUT2D eigenvalue weighted by atomic mass is 10.1. The SMILES string of the molecule is CCC(N)c1ccc(OCCOc2ccccc2)cn1. The molecule has 4 heteroatoms. The number of hydrogen-bond acceptors (Lipinski definition) is 4. The molecule has 0 saturated heterocycles. The van der Waals surface area contributed by atoms with Gasteiger partial charge in [-0.05, 0) is 30.7 Å². The highest BCUT2D eigenvalue weighted by atomic mass is 16.5. The Balaban J connectivity index is 1.74. The molecule has 0 aliphatic heterocycles. The van der Waals surface area contributed by atoms with Crippen molar-refractivity contribution in [3.05, 3.63) is 54.4 Å². The molecule has 0 fully saturated rings. The summed E-state index contributed by atoms with van der Waals surface area (Å²) in [6.07, 6.45) is 2.57. The molecule has 2 N–H and O–H groups in total. The van der Waals surface area contributed by atoms with E-state index in [1.165, 1.54) is 0 Å². The lowest BCUT2D eigenvalue weighted by molar-refractivity contribution is 0.216. The molecule has 0 radical (unpaired) electrons. The van der Waals surface area contributed by atoms with Gasteiger partial charge in [-0.3, -0.25) is 4.98 Å². The molecule has 2 aromatic rings. The largest absolute Gasteiger partial charge is 0.490 e. The number of aromatic nitrogens is 1. The van der Waals surface area contributed by atoms with Gasteiger partial charge in [0.2, 0.25) is 0 Å². The maximum absolute atomic E-state index is 5.91. The number of para-hydroxylation sites is 1. The predicted molar refractivity (Wildman–Crippen MR) is 78.9 cm³/mol. The van der Waals surface area contributed by atoms with Crippen LogP contribution in [0.15, 0.2) is 48.7 Å². The first-order chi connectivity index (χ1) is 9.79. The molecule has 0 spiro atoms. The molecule has 0 saturated carbocycles. The van der Waals surface area contributed by atoms with Crippen LogP contribution in [0.1, 0.15) is 25.1 Å². The van der Waals surface area contributed by atoms with Gasteiger partial charge in [-0.25, -0.2) is 0 Å². The summed E-state index contributed by atoms with van der Waals surface area (Å²) in [5, 5.41) is 0. The van der Waals surface area contributed by atoms with Gasteiger partial charge in [0.05, 0.1) is 11.9 Å². The number of pyridine rings is 1. The molecular formula is C16H20N2O2. The summed E-state index contributed by atoms with van der Waals surface area (Å²) in [7, 11) is 0. The molecule has 1 heterocycles. The molecule has 0 aliphatic rings. The fourth-order valence-electron chi connectivity index (χ4n) is 1.74. The van der Waals surface area contributed by atoms with E-state index in [1.807, 2.05) is 49.4 Å². The third-order valence-electron chi connectivity index (χ3n) is 2.94. The summed E-state index contributed by atoms with van der Waals surface area (Å²) in [6.45, 7) is 3.02. The second-order valence-corrected chi connectivity index (χ2v) is 4.44. The zero-order valence-corrected chi connectivity index (χ0v) is 11.7. The Kier molecular flexibility index (Phi) is 5.38. The molecule has 0 aliphatic carbocycles. The quantitative estimate of drug-likeness (QED) is 0.787. The summed E-state index contributed by atoms with van der Waals surface area (Å²) in [5.74, 6) is 1.58. The van der Waals surface area contributed by atoms with E-state index in [0.29, 0.717) is 13.2 Å². The highest BCUT2D eigenvalue weighted by molar-refractivity contribution is 5.22. The molecule has 0 amide bonds. The number of rotatable bonds is 7. The van der Waals surface area contributed by atoms with E-state index in [2.05, 4.69) is 4.98 Å². The van der Waals surface area contributed by atoms with Gasteiger partial charge in [-0.2, -0.15) is 0 Å². The Bertz CT molecular complexity index is 500. The number of ether oxygens (including phenoxy) is 2. The smallest absolute Gasteiger partial charge is 0.137 e. The van der Waals surface area contributed by atoms with E-state index in [0.717, 1.165) is 23.6 Å². The van der Waals surface area contributed by atoms with Crippen molar-refractivity contribution < 1.29 is 9.47 Å². The number of hydrogen-bond donors (Lipinski definition) is 1. The standard InChI is InChI=1S/C16H20N2O2/c1-2-15(17)16-9-8-14(12-18-16)20-11-10-19-13-6-4-3-5-7-13/h3-9,12,15H,2,10-11,17H2,1H3. The molecule has 1 unspecified atom stereocenters. The van der Waals surface area contributed by atoms with Crippen molar-refractivity contribution in [1.29, 1.82) is 0 Å². The third kappa shape index (κ3) is 4.24. The van der Waals surface area contributed by atoms with Crippen molar-refractivity contribution in [1.82, 2.24) is 4.98 Å². The van der Waals surface area contributed by atoms with Crippen molar-refractivity contribution in [2.24, 2.45) is 5.73 Å². The first-order valence-electron chi connectivity index (χ1n) is 6.81. The number of nitrogens with two attached hydrogens (primary N) is 1. The summed E-state index contributed by atoms with van der Waals surface area (Å²) in [5.41, 5.74) is 6.80. The fourth-order valence-corrected chi connectivity index (χ4v) is 1.74. The minimum atomic E-state index is -0.00883. The highest BCUT2D eigenvalue weighted by Crippen LogP contribution is 2.15. The first kappa shape index (κ1) is 14.3. The molecule has 2 rings (SSSR count). The molecule has 1 aromatic heterocycles. The Labute approximate surface area is 119 Å². The van der Waals surface area contributed by atoms with Gasteiger partial charge in [-0.1, -0.05) is 25.1 Å². The van der Waals surface area contributed by atoms with Crippen molar-refractivity contribution in [2.45, 2.75) is 19.4 Å². The van der Waals surface area contributed by atoms with Crippen molar-refractivity contribution in [3.8, 4) is 11.5 Å². The average Bonchev–Trinajstić information content (AvgIpc) is 2.52. The molecule has 20 heavy (non-hydrogen) atoms. The van der Waals surface area contributed by atoms with E-state index < -0.39 is 0 Å². The van der Waals surface area contributed by atoms with E-state index in [9.17, 15) is 0 Å². The molecule has 1 aromatic carbocycles. The van der Waals surface area contributed by atoms with Crippen molar-refractivity contribution in [2.75, 3.05) is 13.2 Å². The number of nitrogens with zero attached hydrogens (tertiary/aromatic N) is 1. The van der Waals surface area contributed by atoms with Crippen LogP contribution >= 0.6 is 0 Å². The molecular weight excluding hydrogens is 252 g/mol. The average molecular weight is 272 g/mol. The van der Waals surface area contributed by atoms with Gasteiger partial charge in [0.25, 0.3) is 0 Å². The summed E-state index contributed by atoms with van der Waals surface area (Å²) >= 11 is 0. The normalized spacial score (nSPS) is 11.9. The van der Waals surface area contributed by atoms with Gasteiger partial charge in [-0.15, -0.1) is 0 Å². The second-order valence-electron chi connectivity index (χ2n) is 4.44. The van der Waals surface area contributed by atoms with Gasteiger partial charge in [0.15, 0.2) is 0 Å². The minimum absolute atomic E-state index is 0.00883. The Hall–Kier alpha value is -2.07. The summed E-state index contributed by atoms with van der Waals surface area (Å²) < 4.78 is 11.1. The Morgan fingerprint density at radius 1 is 1.00 bits per heavy atom. The zero-order chi connectivity index (χ0) is 14.2. The fraction of sp³-hybridized carbons (Fsp3) is 0.312. The lowest BCUT2D eigenvalue weighted by Crippen LogP contribution is -2.11. The molecule has 106 valence electrons. The highest BCUT2D eigenvalue weighted by Gasteiger charge is 2.04. The van der Waals surface area contributed by atoms with Gasteiger partial charge in [0.1, 0.15) is 24.7 Å². The zero-order valence-electron chi connectivity index (χ0n) is 11.7. The van der Waals surface area contributed by atoms with Gasteiger partial charge >= 0.3 is 0 Å². The third-order valence-corrected chi connectivity index (χ3v) is 2.94. The maximum atomic E-state index is 5.91. The molecule has 1 atom stereocenters. The minimum Gasteiger partial charge on any atom is -0.490 e. The predicted octanol–water partition coefficient (Wildman–Crippen LogP) is 2.95. The van der Waals surface area contributed by atoms with E-state index in [4.69, 9.17) is 15.2 Å². The van der Waals surface area contributed by atoms with Crippen LogP contribution in [0.25, 0.3) is 0 Å². The second kappa shape index (κ2) is 7.50. The van der Waals surface area contributed by atoms with Crippen molar-refractivity contribution >= 4 is 0 Å². The topological polar surface area (TPSA) is 57.4 Å². The van der Waals surface area contributed by atoms with E-state index in [1.54, 1.807) is 6.20 Å². The first-order valence-corrected chi connectivity index (χ1v) is 6.81. The van der Waals surface area contributed by atoms with E-state index >= 15 is 0 Å². The van der Waals surface area contributed by atoms with Crippen LogP contribution in [0, 0.1) is 0 Å². The lowest BCUT2D eigenvalue weighted by Gasteiger charge is -2.10. The summed E-state index contributed by atoms with van der Waals surface area (Å²) in [6, 6.07) is 13.5. The molecule has 0 bridgehead atoms. The maximum Gasteiger partial charge on any atom is 0.137 e. The van der Waals surface area contributed by atoms with E-state index in [-0.39, 0.29) is 6.04 Å². The number of benzene rings is 1. The molecule has 4 nitrogen and oxygen atoms in total. The van der Waals surface area contributed by atoms with Gasteiger partial charge in [0, 0.05) is 6.04 Å². The van der Waals surface area contributed by atoms with Crippen LogP contribution in [-0.2, 0) is 0 Å². The summed E-state index contributed by atoms with van der Waals surface area (Å²) in [4.78, 5) is 4.30. The van der Waals surface area contributed by atoms with Crippen LogP contribution < -0.4 is 15.2 Å². The van der Waals surface area contributed by atoms with Crippen LogP contribution in [0.3, 0.4) is 0 Å². The van der Waals surface area contributed by atoms with Crippen molar-refractivity contribution in [3.63, 3.8) is 0 Å². The van der Waals surface area contributed by atoms with Gasteiger partial charge < -0.3 is 15.2 Å². The Morgan fingerprint density at radius 3 is 2.30 bits per heavy atom.